The summed E-state index contributed by atoms with van der Waals surface area (Å²) >= 11 is 0. The molecule has 0 aliphatic heterocycles. The molecule has 0 unspecified atom stereocenters. The third-order valence-corrected chi connectivity index (χ3v) is 9.93. The third kappa shape index (κ3) is 7.18. The van der Waals surface area contributed by atoms with Gasteiger partial charge in [0.25, 0.3) is 0 Å². The minimum Gasteiger partial charge on any atom is -0.486 e. The largest absolute Gasteiger partial charge is 0.486 e. The number of pyridine rings is 2. The van der Waals surface area contributed by atoms with E-state index in [1.54, 1.807) is 0 Å². The second kappa shape index (κ2) is 14.1. The number of benzene rings is 3. The van der Waals surface area contributed by atoms with Gasteiger partial charge in [0, 0.05) is 46.2 Å². The van der Waals surface area contributed by atoms with Gasteiger partial charge in [-0.1, -0.05) is 68.2 Å². The van der Waals surface area contributed by atoms with E-state index in [1.807, 2.05) is 93.7 Å². The Bertz CT molecular complexity index is 2240. The fourth-order valence-corrected chi connectivity index (χ4v) is 7.21. The Hall–Kier alpha value is -3.90. The van der Waals surface area contributed by atoms with Crippen LogP contribution in [-0.4, -0.2) is 27.6 Å². The van der Waals surface area contributed by atoms with Crippen molar-refractivity contribution in [2.75, 3.05) is 0 Å². The number of aromatic nitrogens is 4. The number of hydrogen-bond acceptors (Lipinski definition) is 4. The van der Waals surface area contributed by atoms with E-state index < -0.39 is 14.4 Å². The molecule has 5 nitrogen and oxygen atoms in total. The molecule has 0 fully saturated rings. The van der Waals surface area contributed by atoms with Gasteiger partial charge < -0.3 is 14.0 Å². The van der Waals surface area contributed by atoms with Crippen molar-refractivity contribution < 1.29 is 27.3 Å². The SMILES string of the molecule is Cc1ccc2c(n1)oc1c(-c3nc4ccccc4n3C(C)C)[c-]ccc12.[2H]C([2H])(c1cc(-c2[c-]cccc2)ncc1[Si](C)(C)C)C(C)C.[Ir]. The van der Waals surface area contributed by atoms with Crippen molar-refractivity contribution in [3.05, 3.63) is 108 Å². The van der Waals surface area contributed by atoms with Crippen LogP contribution >= 0.6 is 0 Å². The van der Waals surface area contributed by atoms with Crippen LogP contribution in [0.3, 0.4) is 0 Å². The van der Waals surface area contributed by atoms with Crippen LogP contribution in [0.2, 0.25) is 19.6 Å². The minimum atomic E-state index is -1.67. The average molecular weight is 817 g/mol. The monoisotopic (exact) mass is 817 g/mol. The van der Waals surface area contributed by atoms with Gasteiger partial charge in [0.15, 0.2) is 0 Å². The van der Waals surface area contributed by atoms with E-state index in [9.17, 15) is 0 Å². The molecule has 0 atom stereocenters. The normalized spacial score (nSPS) is 12.6. The van der Waals surface area contributed by atoms with E-state index in [1.165, 1.54) is 0 Å². The third-order valence-electron chi connectivity index (χ3n) is 7.91. The summed E-state index contributed by atoms with van der Waals surface area (Å²) in [5, 5.41) is 3.17. The van der Waals surface area contributed by atoms with E-state index in [-0.39, 0.29) is 32.1 Å². The smallest absolute Gasteiger partial charge is 0.216 e. The van der Waals surface area contributed by atoms with Crippen LogP contribution in [0.15, 0.2) is 89.5 Å². The second-order valence-corrected chi connectivity index (χ2v) is 18.4. The van der Waals surface area contributed by atoms with Gasteiger partial charge in [-0.05, 0) is 68.2 Å². The van der Waals surface area contributed by atoms with Gasteiger partial charge >= 0.3 is 0 Å². The first kappa shape index (κ1) is 31.7. The molecule has 0 amide bonds. The average Bonchev–Trinajstić information content (AvgIpc) is 3.63. The molecular weight excluding hydrogens is 773 g/mol. The van der Waals surface area contributed by atoms with Gasteiger partial charge in [0.1, 0.15) is 0 Å². The summed E-state index contributed by atoms with van der Waals surface area (Å²) in [6.45, 7) is 16.9. The van der Waals surface area contributed by atoms with Crippen molar-refractivity contribution in [2.45, 2.75) is 66.7 Å². The zero-order valence-corrected chi connectivity index (χ0v) is 31.7. The zero-order chi connectivity index (χ0) is 34.4. The molecule has 0 saturated heterocycles. The first-order valence-corrected chi connectivity index (χ1v) is 19.4. The van der Waals surface area contributed by atoms with Crippen LogP contribution in [0.25, 0.3) is 55.7 Å². The minimum absolute atomic E-state index is 0. The number of furan rings is 1. The first-order valence-electron chi connectivity index (χ1n) is 16.9. The number of rotatable bonds is 6. The summed E-state index contributed by atoms with van der Waals surface area (Å²) in [6, 6.07) is 32.7. The van der Waals surface area contributed by atoms with Crippen molar-refractivity contribution in [3.63, 3.8) is 0 Å². The topological polar surface area (TPSA) is 56.7 Å². The van der Waals surface area contributed by atoms with E-state index in [2.05, 4.69) is 72.3 Å². The molecule has 7 rings (SSSR count). The van der Waals surface area contributed by atoms with Crippen LogP contribution in [0.1, 0.15) is 47.7 Å². The summed E-state index contributed by atoms with van der Waals surface area (Å²) in [7, 11) is -1.67. The Morgan fingerprint density at radius 1 is 0.894 bits per heavy atom. The van der Waals surface area contributed by atoms with Crippen LogP contribution in [0, 0.1) is 25.0 Å². The van der Waals surface area contributed by atoms with Crippen molar-refractivity contribution in [2.24, 2.45) is 5.92 Å². The van der Waals surface area contributed by atoms with Gasteiger partial charge in [0.2, 0.25) is 5.71 Å². The van der Waals surface area contributed by atoms with E-state index >= 15 is 0 Å². The molecular formula is C40H42IrN4OSi-2. The van der Waals surface area contributed by atoms with Gasteiger partial charge in [-0.2, -0.15) is 0 Å². The van der Waals surface area contributed by atoms with Crippen molar-refractivity contribution in [1.82, 2.24) is 19.5 Å². The molecule has 7 aromatic rings. The fourth-order valence-electron chi connectivity index (χ4n) is 5.81. The number of imidazole rings is 1. The Morgan fingerprint density at radius 2 is 1.66 bits per heavy atom. The van der Waals surface area contributed by atoms with E-state index in [0.29, 0.717) is 5.71 Å². The van der Waals surface area contributed by atoms with Crippen LogP contribution in [0.5, 0.6) is 0 Å². The molecule has 0 aliphatic carbocycles. The fraction of sp³-hybridized carbons (Fsp3) is 0.275. The Labute approximate surface area is 295 Å². The summed E-state index contributed by atoms with van der Waals surface area (Å²) in [5.74, 6) is 0.792. The molecule has 4 heterocycles. The van der Waals surface area contributed by atoms with Gasteiger partial charge in [-0.25, -0.2) is 4.98 Å². The van der Waals surface area contributed by atoms with Crippen molar-refractivity contribution in [3.8, 4) is 22.6 Å². The molecule has 3 aromatic carbocycles. The van der Waals surface area contributed by atoms with E-state index in [4.69, 9.17) is 12.1 Å². The molecule has 7 heteroatoms. The maximum atomic E-state index is 8.55. The molecule has 243 valence electrons. The number of hydrogen-bond donors (Lipinski definition) is 0. The van der Waals surface area contributed by atoms with Gasteiger partial charge in [0.05, 0.1) is 30.5 Å². The second-order valence-electron chi connectivity index (χ2n) is 13.3. The Balaban J connectivity index is 0.000000190. The molecule has 0 spiro atoms. The van der Waals surface area contributed by atoms with Crippen molar-refractivity contribution >= 4 is 46.4 Å². The number of aryl methyl sites for hydroxylation is 1. The zero-order valence-electron chi connectivity index (χ0n) is 30.3. The molecule has 0 aliphatic rings. The number of nitrogens with zero attached hydrogens (tertiary/aromatic N) is 4. The Morgan fingerprint density at radius 3 is 2.36 bits per heavy atom. The molecule has 1 radical (unpaired) electrons. The first-order chi connectivity index (χ1) is 22.8. The number of para-hydroxylation sites is 2. The molecule has 0 N–H and O–H groups in total. The van der Waals surface area contributed by atoms with Gasteiger partial charge in [-0.15, -0.1) is 54.1 Å². The molecule has 0 saturated carbocycles. The molecule has 47 heavy (non-hydrogen) atoms. The van der Waals surface area contributed by atoms with Crippen LogP contribution < -0.4 is 5.19 Å². The summed E-state index contributed by atoms with van der Waals surface area (Å²) in [6.07, 6.45) is 0.528. The summed E-state index contributed by atoms with van der Waals surface area (Å²) in [4.78, 5) is 14.0. The quantitative estimate of drug-likeness (QED) is 0.124. The maximum absolute atomic E-state index is 8.55. The predicted molar refractivity (Wildman–Crippen MR) is 194 cm³/mol. The number of fused-ring (bicyclic) bond motifs is 4. The van der Waals surface area contributed by atoms with Crippen molar-refractivity contribution in [1.29, 1.82) is 0 Å². The molecule has 4 aromatic heterocycles. The van der Waals surface area contributed by atoms with Crippen LogP contribution in [-0.2, 0) is 26.5 Å². The van der Waals surface area contributed by atoms with Gasteiger partial charge in [-0.3, -0.25) is 4.98 Å². The van der Waals surface area contributed by atoms with E-state index in [0.717, 1.165) is 66.5 Å². The molecule has 0 bridgehead atoms. The Kier molecular flexibility index (Phi) is 9.48. The standard InChI is InChI=1S/C22H18N3O.C18H24NSi.Ir/c1-13(2)25-19-10-5-4-9-18(19)24-21(25)17-8-6-7-15-16-12-11-14(3)23-22(16)26-20(15)17;1-14(2)11-16-12-17(15-9-7-6-8-10-15)19-13-18(16)20(3,4)5;/h4-7,9-13H,1-3H3;6-9,12-14H,11H2,1-5H3;/q2*-1;/i;11D2;. The van der Waals surface area contributed by atoms with Crippen LogP contribution in [0.4, 0.5) is 0 Å². The summed E-state index contributed by atoms with van der Waals surface area (Å²) < 4.78 is 25.5. The maximum Gasteiger partial charge on any atom is 0.216 e. The summed E-state index contributed by atoms with van der Waals surface area (Å²) in [5.41, 5.74) is 7.86. The predicted octanol–water partition coefficient (Wildman–Crippen LogP) is 9.98.